The van der Waals surface area contributed by atoms with Crippen molar-refractivity contribution in [2.45, 2.75) is 30.6 Å². The number of hydrogen-bond acceptors (Lipinski definition) is 0. The second-order valence-electron chi connectivity index (χ2n) is 16.8. The minimum absolute atomic E-state index is 0.381. The van der Waals surface area contributed by atoms with E-state index in [1.54, 1.807) is 0 Å². The summed E-state index contributed by atoms with van der Waals surface area (Å²) in [6.45, 7) is 2.42. The monoisotopic (exact) mass is 765 g/mol. The highest BCUT2D eigenvalue weighted by Gasteiger charge is 2.46. The van der Waals surface area contributed by atoms with Gasteiger partial charge in [0.1, 0.15) is 0 Å². The van der Waals surface area contributed by atoms with E-state index in [2.05, 4.69) is 230 Å². The van der Waals surface area contributed by atoms with E-state index in [0.717, 1.165) is 6.42 Å². The molecular weight excluding hydrogens is 723 g/mol. The molecular formula is C59H43N. The zero-order valence-corrected chi connectivity index (χ0v) is 33.6. The summed E-state index contributed by atoms with van der Waals surface area (Å²) in [4.78, 5) is 0. The first kappa shape index (κ1) is 34.8. The Morgan fingerprint density at radius 1 is 0.433 bits per heavy atom. The van der Waals surface area contributed by atoms with Crippen LogP contribution in [0.2, 0.25) is 0 Å². The van der Waals surface area contributed by atoms with Crippen LogP contribution in [0.3, 0.4) is 0 Å². The predicted octanol–water partition coefficient (Wildman–Crippen LogP) is 14.9. The van der Waals surface area contributed by atoms with Gasteiger partial charge in [-0.3, -0.25) is 0 Å². The van der Waals surface area contributed by atoms with Crippen molar-refractivity contribution in [2.24, 2.45) is 0 Å². The van der Waals surface area contributed by atoms with Crippen LogP contribution in [0, 0.1) is 0 Å². The fourth-order valence-electron chi connectivity index (χ4n) is 11.1. The number of nitrogens with zero attached hydrogens (tertiary/aromatic N) is 1. The van der Waals surface area contributed by atoms with E-state index < -0.39 is 5.41 Å². The summed E-state index contributed by atoms with van der Waals surface area (Å²) < 4.78 is 2.48. The number of fused-ring (bicyclic) bond motifs is 9. The average molecular weight is 766 g/mol. The van der Waals surface area contributed by atoms with Gasteiger partial charge in [0, 0.05) is 16.5 Å². The van der Waals surface area contributed by atoms with Gasteiger partial charge in [-0.05, 0) is 127 Å². The van der Waals surface area contributed by atoms with Gasteiger partial charge in [0.05, 0.1) is 16.4 Å². The van der Waals surface area contributed by atoms with Crippen LogP contribution in [0.25, 0.3) is 60.9 Å². The second kappa shape index (κ2) is 13.7. The van der Waals surface area contributed by atoms with Crippen molar-refractivity contribution < 1.29 is 0 Å². The number of benzene rings is 9. The summed E-state index contributed by atoms with van der Waals surface area (Å²) in [7, 11) is 0. The van der Waals surface area contributed by atoms with Crippen molar-refractivity contribution in [1.82, 2.24) is 4.57 Å². The van der Waals surface area contributed by atoms with Gasteiger partial charge in [-0.25, -0.2) is 0 Å². The second-order valence-corrected chi connectivity index (χ2v) is 16.8. The first-order chi connectivity index (χ1) is 29.7. The highest BCUT2D eigenvalue weighted by atomic mass is 15.0. The van der Waals surface area contributed by atoms with Crippen molar-refractivity contribution in [3.63, 3.8) is 0 Å². The quantitative estimate of drug-likeness (QED) is 0.164. The molecule has 0 spiro atoms. The molecule has 1 heterocycles. The largest absolute Gasteiger partial charge is 0.309 e. The predicted molar refractivity (Wildman–Crippen MR) is 250 cm³/mol. The van der Waals surface area contributed by atoms with Gasteiger partial charge >= 0.3 is 0 Å². The Morgan fingerprint density at radius 3 is 1.82 bits per heavy atom. The van der Waals surface area contributed by atoms with Gasteiger partial charge in [-0.1, -0.05) is 189 Å². The zero-order chi connectivity index (χ0) is 39.8. The van der Waals surface area contributed by atoms with Crippen LogP contribution in [0.15, 0.2) is 218 Å². The Kier molecular flexibility index (Phi) is 7.93. The molecule has 0 aliphatic heterocycles. The first-order valence-electron chi connectivity index (χ1n) is 21.3. The maximum absolute atomic E-state index is 2.48. The minimum Gasteiger partial charge on any atom is -0.309 e. The van der Waals surface area contributed by atoms with Crippen molar-refractivity contribution >= 4 is 21.8 Å². The molecule has 10 aromatic rings. The van der Waals surface area contributed by atoms with Crippen LogP contribution in [-0.4, -0.2) is 4.57 Å². The Balaban J connectivity index is 1.03. The highest BCUT2D eigenvalue weighted by Crippen LogP contribution is 2.56. The average Bonchev–Trinajstić information content (AvgIpc) is 3.77. The van der Waals surface area contributed by atoms with Gasteiger partial charge in [0.25, 0.3) is 0 Å². The normalized spacial score (nSPS) is 16.1. The summed E-state index contributed by atoms with van der Waals surface area (Å²) >= 11 is 0. The van der Waals surface area contributed by atoms with Gasteiger partial charge < -0.3 is 4.57 Å². The van der Waals surface area contributed by atoms with Crippen molar-refractivity contribution in [3.05, 3.63) is 257 Å². The molecule has 1 heteroatoms. The Morgan fingerprint density at radius 2 is 1.03 bits per heavy atom. The lowest BCUT2D eigenvalue weighted by atomic mass is 9.67. The van der Waals surface area contributed by atoms with Gasteiger partial charge in [-0.15, -0.1) is 0 Å². The summed E-state index contributed by atoms with van der Waals surface area (Å²) in [5, 5.41) is 2.52. The SMILES string of the molecule is CC1c2ccc(-c3ccc4c(c3)c3ccccc3n4-c3ccc4c(c3)C(c3ccccc3)(c3ccccc3)c3ccccc3-4)cc2-c2ccccc2CC1c1ccccc1. The van der Waals surface area contributed by atoms with Gasteiger partial charge in [0.2, 0.25) is 0 Å². The van der Waals surface area contributed by atoms with E-state index in [4.69, 9.17) is 0 Å². The Labute approximate surface area is 351 Å². The van der Waals surface area contributed by atoms with E-state index in [1.807, 2.05) is 0 Å². The molecule has 0 fully saturated rings. The topological polar surface area (TPSA) is 4.93 Å². The number of rotatable bonds is 5. The smallest absolute Gasteiger partial charge is 0.0714 e. The molecule has 0 saturated heterocycles. The third kappa shape index (κ3) is 5.12. The van der Waals surface area contributed by atoms with Crippen LogP contribution in [0.4, 0.5) is 0 Å². The summed E-state index contributed by atoms with van der Waals surface area (Å²) in [6, 6.07) is 81.8. The third-order valence-electron chi connectivity index (χ3n) is 13.8. The molecule has 2 atom stereocenters. The van der Waals surface area contributed by atoms with E-state index in [-0.39, 0.29) is 0 Å². The fraction of sp³-hybridized carbons (Fsp3) is 0.0847. The van der Waals surface area contributed by atoms with E-state index in [1.165, 1.54) is 99.8 Å². The Hall–Kier alpha value is -7.22. The molecule has 284 valence electrons. The van der Waals surface area contributed by atoms with Crippen LogP contribution in [0.1, 0.15) is 57.7 Å². The van der Waals surface area contributed by atoms with Crippen molar-refractivity contribution in [1.29, 1.82) is 0 Å². The lowest BCUT2D eigenvalue weighted by Crippen LogP contribution is -2.28. The third-order valence-corrected chi connectivity index (χ3v) is 13.8. The molecule has 60 heavy (non-hydrogen) atoms. The van der Waals surface area contributed by atoms with E-state index >= 15 is 0 Å². The first-order valence-corrected chi connectivity index (χ1v) is 21.3. The molecule has 0 radical (unpaired) electrons. The summed E-state index contributed by atoms with van der Waals surface area (Å²) in [5.41, 5.74) is 20.4. The molecule has 0 saturated carbocycles. The lowest BCUT2D eigenvalue weighted by molar-refractivity contribution is 0.579. The summed E-state index contributed by atoms with van der Waals surface area (Å²) in [6.07, 6.45) is 1.03. The summed E-state index contributed by atoms with van der Waals surface area (Å²) in [5.74, 6) is 0.799. The van der Waals surface area contributed by atoms with Crippen molar-refractivity contribution in [2.75, 3.05) is 0 Å². The molecule has 9 aromatic carbocycles. The fourth-order valence-corrected chi connectivity index (χ4v) is 11.1. The molecule has 2 unspecified atom stereocenters. The minimum atomic E-state index is -0.459. The molecule has 2 aliphatic carbocycles. The van der Waals surface area contributed by atoms with Gasteiger partial charge in [0.15, 0.2) is 0 Å². The van der Waals surface area contributed by atoms with Gasteiger partial charge in [-0.2, -0.15) is 0 Å². The molecule has 2 aliphatic rings. The number of para-hydroxylation sites is 1. The maximum atomic E-state index is 2.48. The van der Waals surface area contributed by atoms with Crippen LogP contribution < -0.4 is 0 Å². The van der Waals surface area contributed by atoms with Crippen molar-refractivity contribution in [3.8, 4) is 39.1 Å². The molecule has 1 nitrogen and oxygen atoms in total. The Bertz CT molecular complexity index is 3210. The number of hydrogen-bond donors (Lipinski definition) is 0. The molecule has 0 amide bonds. The molecule has 12 rings (SSSR count). The highest BCUT2D eigenvalue weighted by molar-refractivity contribution is 6.10. The zero-order valence-electron chi connectivity index (χ0n) is 33.6. The standard InChI is InChI=1S/C59H43N/c1-39-47-32-29-41(35-53(47)48-24-12-11-19-43(48)37-52(39)40-17-5-2-6-18-40)42-30-34-58-54(36-42)51-26-14-16-28-57(51)60(58)46-31-33-50-49-25-13-15-27-55(49)59(56(50)38-46,44-20-7-3-8-21-44)45-22-9-4-10-23-45/h2-36,38-39,52H,37H2,1H3. The number of aromatic nitrogens is 1. The van der Waals surface area contributed by atoms with E-state index in [9.17, 15) is 0 Å². The van der Waals surface area contributed by atoms with Crippen LogP contribution >= 0.6 is 0 Å². The lowest BCUT2D eigenvalue weighted by Gasteiger charge is -2.34. The molecule has 0 bridgehead atoms. The maximum Gasteiger partial charge on any atom is 0.0714 e. The molecule has 1 aromatic heterocycles. The van der Waals surface area contributed by atoms with Crippen LogP contribution in [0.5, 0.6) is 0 Å². The molecule has 0 N–H and O–H groups in total. The van der Waals surface area contributed by atoms with E-state index in [0.29, 0.717) is 11.8 Å². The van der Waals surface area contributed by atoms with Crippen LogP contribution in [-0.2, 0) is 11.8 Å².